The van der Waals surface area contributed by atoms with E-state index in [1.54, 1.807) is 17.4 Å². The number of hydrogen-bond donors (Lipinski definition) is 0. The summed E-state index contributed by atoms with van der Waals surface area (Å²) in [6, 6.07) is -0.485. The summed E-state index contributed by atoms with van der Waals surface area (Å²) in [5.41, 5.74) is 0.272. The monoisotopic (exact) mass is 709 g/mol. The van der Waals surface area contributed by atoms with Crippen LogP contribution in [0.25, 0.3) is 0 Å². The summed E-state index contributed by atoms with van der Waals surface area (Å²) in [5, 5.41) is 3.98. The van der Waals surface area contributed by atoms with Gasteiger partial charge in [-0.3, -0.25) is 19.3 Å². The molecule has 1 saturated heterocycles. The molecule has 2 rings (SSSR count). The van der Waals surface area contributed by atoms with E-state index in [9.17, 15) is 14.4 Å². The number of likely N-dealkylation sites (N-methyl/N-ethyl adjacent to an activating group) is 1. The van der Waals surface area contributed by atoms with Crippen molar-refractivity contribution in [2.24, 2.45) is 17.8 Å². The third-order valence-electron chi connectivity index (χ3n) is 10.5. The normalized spacial score (nSPS) is 18.7. The molecule has 0 spiro atoms. The van der Waals surface area contributed by atoms with Crippen molar-refractivity contribution in [2.75, 3.05) is 26.8 Å². The number of piperidine rings is 1. The fourth-order valence-electron chi connectivity index (χ4n) is 5.98. The molecule has 5 atom stereocenters. The highest BCUT2D eigenvalue weighted by Crippen LogP contribution is 2.42. The summed E-state index contributed by atoms with van der Waals surface area (Å²) < 4.78 is 12.3. The average molecular weight is 710 g/mol. The van der Waals surface area contributed by atoms with Crippen LogP contribution < -0.4 is 0 Å². The van der Waals surface area contributed by atoms with Crippen molar-refractivity contribution >= 4 is 37.3 Å². The molecule has 1 fully saturated rings. The molecule has 9 nitrogen and oxygen atoms in total. The Morgan fingerprint density at radius 3 is 2.35 bits per heavy atom. The number of thiazole rings is 1. The molecule has 0 bridgehead atoms. The van der Waals surface area contributed by atoms with Gasteiger partial charge < -0.3 is 9.16 Å². The maximum atomic E-state index is 14.8. The molecular formula is C37H67N3O6SSi. The van der Waals surface area contributed by atoms with Crippen molar-refractivity contribution in [3.8, 4) is 0 Å². The van der Waals surface area contributed by atoms with Gasteiger partial charge in [-0.05, 0) is 69.7 Å². The Labute approximate surface area is 296 Å². The lowest BCUT2D eigenvalue weighted by Crippen LogP contribution is -2.50. The molecular weight excluding hydrogens is 643 g/mol. The Bertz CT molecular complexity index is 1150. The number of esters is 1. The number of aromatic nitrogens is 1. The van der Waals surface area contributed by atoms with E-state index in [0.717, 1.165) is 51.5 Å². The van der Waals surface area contributed by atoms with Gasteiger partial charge in [-0.1, -0.05) is 81.1 Å². The summed E-state index contributed by atoms with van der Waals surface area (Å²) in [5.74, 6) is -0.879. The highest BCUT2D eigenvalue weighted by molar-refractivity contribution is 7.09. The smallest absolute Gasteiger partial charge is 0.357 e. The third kappa shape index (κ3) is 12.0. The summed E-state index contributed by atoms with van der Waals surface area (Å²) >= 11 is 1.39. The van der Waals surface area contributed by atoms with Gasteiger partial charge in [-0.25, -0.2) is 14.8 Å². The van der Waals surface area contributed by atoms with Gasteiger partial charge in [0.25, 0.3) is 0 Å². The largest absolute Gasteiger partial charge is 0.461 e. The van der Waals surface area contributed by atoms with E-state index < -0.39 is 26.3 Å². The number of Topliss-reactive ketones (excluding diaryl/α,β-unsaturated/α-hetero) is 1. The molecule has 48 heavy (non-hydrogen) atoms. The molecule has 0 saturated carbocycles. The van der Waals surface area contributed by atoms with E-state index in [1.807, 2.05) is 7.05 Å². The van der Waals surface area contributed by atoms with Gasteiger partial charge in [0.15, 0.2) is 19.8 Å². The quantitative estimate of drug-likeness (QED) is 0.0573. The predicted octanol–water partition coefficient (Wildman–Crippen LogP) is 8.85. The van der Waals surface area contributed by atoms with Crippen LogP contribution in [-0.2, 0) is 23.6 Å². The van der Waals surface area contributed by atoms with E-state index in [2.05, 4.69) is 73.4 Å². The average Bonchev–Trinajstić information content (AvgIpc) is 3.52. The van der Waals surface area contributed by atoms with Crippen LogP contribution >= 0.6 is 11.3 Å². The maximum absolute atomic E-state index is 14.8. The molecule has 0 radical (unpaired) electrons. The molecule has 276 valence electrons. The first kappa shape index (κ1) is 42.5. The number of unbranched alkanes of at least 4 members (excludes halogenated alkanes) is 2. The fraction of sp³-hybridized carbons (Fsp3) is 0.838. The van der Waals surface area contributed by atoms with Crippen molar-refractivity contribution in [1.29, 1.82) is 0 Å². The molecule has 1 aliphatic heterocycles. The van der Waals surface area contributed by atoms with Gasteiger partial charge >= 0.3 is 5.97 Å². The van der Waals surface area contributed by atoms with Crippen molar-refractivity contribution < 1.29 is 28.4 Å². The van der Waals surface area contributed by atoms with Crippen LogP contribution in [0.1, 0.15) is 142 Å². The number of hydroxylamine groups is 2. The highest BCUT2D eigenvalue weighted by atomic mass is 32.1. The van der Waals surface area contributed by atoms with Gasteiger partial charge in [-0.15, -0.1) is 11.3 Å². The molecule has 1 aromatic heterocycles. The van der Waals surface area contributed by atoms with E-state index in [-0.39, 0.29) is 59.4 Å². The lowest BCUT2D eigenvalue weighted by atomic mass is 9.83. The minimum Gasteiger partial charge on any atom is -0.461 e. The Morgan fingerprint density at radius 2 is 1.79 bits per heavy atom. The SMILES string of the molecule is CCCCCON(C(=O)[C@@H](CC(=O)[C@H]1CCCCN1C)[C@@H](C)CC)[C@H](C[C@@H](O[Si](C)(C)C(C)(C)C)c1nc(C(=O)OCC)cs1)C(C)C. The molecule has 0 aliphatic carbocycles. The zero-order valence-corrected chi connectivity index (χ0v) is 34.0. The fourth-order valence-corrected chi connectivity index (χ4v) is 8.16. The molecule has 0 N–H and O–H groups in total. The molecule has 0 unspecified atom stereocenters. The number of carbonyl (C=O) groups excluding carboxylic acids is 3. The Balaban J connectivity index is 2.56. The van der Waals surface area contributed by atoms with Crippen molar-refractivity contribution in [3.05, 3.63) is 16.1 Å². The summed E-state index contributed by atoms with van der Waals surface area (Å²) in [4.78, 5) is 54.5. The number of likely N-dealkylation sites (tertiary alicyclic amines) is 1. The second kappa shape index (κ2) is 19.7. The second-order valence-electron chi connectivity index (χ2n) is 15.6. The number of carbonyl (C=O) groups is 3. The minimum atomic E-state index is -2.32. The van der Waals surface area contributed by atoms with Crippen molar-refractivity contribution in [2.45, 2.75) is 156 Å². The Morgan fingerprint density at radius 1 is 1.10 bits per heavy atom. The van der Waals surface area contributed by atoms with Crippen LogP contribution in [0.4, 0.5) is 0 Å². The third-order valence-corrected chi connectivity index (χ3v) is 15.9. The van der Waals surface area contributed by atoms with E-state index in [4.69, 9.17) is 19.0 Å². The van der Waals surface area contributed by atoms with Gasteiger partial charge in [0.05, 0.1) is 31.4 Å². The minimum absolute atomic E-state index is 0.00952. The van der Waals surface area contributed by atoms with Crippen LogP contribution in [0.5, 0.6) is 0 Å². The van der Waals surface area contributed by atoms with E-state index in [1.165, 1.54) is 11.3 Å². The molecule has 1 aromatic rings. The zero-order valence-electron chi connectivity index (χ0n) is 32.2. The lowest BCUT2D eigenvalue weighted by molar-refractivity contribution is -0.215. The van der Waals surface area contributed by atoms with Gasteiger partial charge in [0.2, 0.25) is 5.91 Å². The number of amides is 1. The van der Waals surface area contributed by atoms with E-state index >= 15 is 0 Å². The molecule has 1 amide bonds. The Kier molecular flexibility index (Phi) is 17.4. The summed E-state index contributed by atoms with van der Waals surface area (Å²) in [7, 11) is -0.298. The van der Waals surface area contributed by atoms with Crippen LogP contribution in [0, 0.1) is 17.8 Å². The number of rotatable bonds is 20. The van der Waals surface area contributed by atoms with Crippen LogP contribution in [0.15, 0.2) is 5.38 Å². The predicted molar refractivity (Wildman–Crippen MR) is 197 cm³/mol. The van der Waals surface area contributed by atoms with Crippen LogP contribution in [-0.4, -0.2) is 79.8 Å². The number of ketones is 1. The number of ether oxygens (including phenoxy) is 1. The molecule has 11 heteroatoms. The molecule has 0 aromatic carbocycles. The topological polar surface area (TPSA) is 98.3 Å². The standard InChI is InChI=1S/C37H67N3O6SSi/c1-13-16-19-22-45-40(35(42)28(27(6)14-2)23-32(41)30-20-17-18-21-39(30)10)31(26(4)5)24-33(46-48(11,12)37(7,8)9)34-38-29(25-47-34)36(43)44-15-3/h25-28,30-31,33H,13-24H2,1-12H3/t27-,28-,30+,31+,33+/m0/s1. The van der Waals surface area contributed by atoms with Gasteiger partial charge in [0.1, 0.15) is 5.01 Å². The van der Waals surface area contributed by atoms with Crippen LogP contribution in [0.3, 0.4) is 0 Å². The summed E-state index contributed by atoms with van der Waals surface area (Å²) in [6.45, 7) is 24.9. The number of nitrogens with zero attached hydrogens (tertiary/aromatic N) is 3. The van der Waals surface area contributed by atoms with Gasteiger partial charge in [0, 0.05) is 24.1 Å². The van der Waals surface area contributed by atoms with Crippen molar-refractivity contribution in [3.63, 3.8) is 0 Å². The Hall–Kier alpha value is -1.66. The summed E-state index contributed by atoms with van der Waals surface area (Å²) in [6.07, 6.45) is 6.85. The molecule has 2 heterocycles. The van der Waals surface area contributed by atoms with Gasteiger partial charge in [-0.2, -0.15) is 0 Å². The number of hydrogen-bond acceptors (Lipinski definition) is 9. The maximum Gasteiger partial charge on any atom is 0.357 e. The van der Waals surface area contributed by atoms with Crippen molar-refractivity contribution in [1.82, 2.24) is 14.9 Å². The lowest BCUT2D eigenvalue weighted by Gasteiger charge is -2.42. The zero-order chi connectivity index (χ0) is 36.2. The first-order chi connectivity index (χ1) is 22.5. The first-order valence-electron chi connectivity index (χ1n) is 18.5. The first-order valence-corrected chi connectivity index (χ1v) is 22.3. The second-order valence-corrected chi connectivity index (χ2v) is 21.2. The van der Waals surface area contributed by atoms with Crippen LogP contribution in [0.2, 0.25) is 18.1 Å². The molecule has 1 aliphatic rings. The van der Waals surface area contributed by atoms with E-state index in [0.29, 0.717) is 18.0 Å². The highest BCUT2D eigenvalue weighted by Gasteiger charge is 2.43.